The standard InChI is InChI=1S/C15H15N3O3/c1-8-17-11-4-2-3-10(16)14(11)15(21)18(8)12-6-5-9(19)7-13(12)20/h2-4,12H,5-7,16H2,1H3/i1D,3D,4D,5D2,6D,12D. The third-order valence-electron chi connectivity index (χ3n) is 3.08. The van der Waals surface area contributed by atoms with Crippen LogP contribution in [-0.4, -0.2) is 21.1 Å². The van der Waals surface area contributed by atoms with Crippen molar-refractivity contribution in [3.8, 4) is 0 Å². The number of Topliss-reactive ketones (excluding diaryl/α,β-unsaturated/α-hetero) is 2. The molecule has 1 heterocycles. The molecule has 0 aliphatic heterocycles. The Hall–Kier alpha value is -2.50. The lowest BCUT2D eigenvalue weighted by Gasteiger charge is -2.24. The van der Waals surface area contributed by atoms with Crippen molar-refractivity contribution < 1.29 is 19.2 Å². The van der Waals surface area contributed by atoms with Crippen LogP contribution in [0.3, 0.4) is 0 Å². The summed E-state index contributed by atoms with van der Waals surface area (Å²) in [5, 5.41) is -0.432. The number of aromatic nitrogens is 2. The number of benzene rings is 1. The van der Waals surface area contributed by atoms with E-state index in [1.807, 2.05) is 0 Å². The van der Waals surface area contributed by atoms with Gasteiger partial charge in [-0.3, -0.25) is 19.0 Å². The van der Waals surface area contributed by atoms with Gasteiger partial charge in [0.25, 0.3) is 5.56 Å². The van der Waals surface area contributed by atoms with Gasteiger partial charge in [0.2, 0.25) is 0 Å². The third-order valence-corrected chi connectivity index (χ3v) is 3.08. The Labute approximate surface area is 130 Å². The Morgan fingerprint density at radius 2 is 2.33 bits per heavy atom. The van der Waals surface area contributed by atoms with Gasteiger partial charge in [-0.15, -0.1) is 0 Å². The molecule has 1 aromatic heterocycles. The quantitative estimate of drug-likeness (QED) is 0.628. The van der Waals surface area contributed by atoms with Crippen molar-refractivity contribution in [3.63, 3.8) is 0 Å². The second-order valence-electron chi connectivity index (χ2n) is 4.44. The van der Waals surface area contributed by atoms with Crippen LogP contribution in [0.2, 0.25) is 0 Å². The first-order valence-electron chi connectivity index (χ1n) is 9.77. The van der Waals surface area contributed by atoms with Gasteiger partial charge in [-0.2, -0.15) is 0 Å². The summed E-state index contributed by atoms with van der Waals surface area (Å²) in [4.78, 5) is 41.5. The number of anilines is 1. The van der Waals surface area contributed by atoms with Crippen LogP contribution in [0.5, 0.6) is 0 Å². The molecule has 2 aromatic rings. The minimum absolute atomic E-state index is 0.232. The predicted octanol–water partition coefficient (Wildman–Crippen LogP) is 1.15. The number of fused-ring (bicyclic) bond motifs is 1. The number of carbonyl (C=O) groups excluding carboxylic acids is 2. The minimum atomic E-state index is -2.88. The molecular formula is C15H15N3O3. The van der Waals surface area contributed by atoms with Gasteiger partial charge < -0.3 is 5.73 Å². The van der Waals surface area contributed by atoms with Crippen LogP contribution in [0.4, 0.5) is 5.69 Å². The maximum Gasteiger partial charge on any atom is 0.264 e. The monoisotopic (exact) mass is 292 g/mol. The molecule has 1 fully saturated rings. The first-order valence-corrected chi connectivity index (χ1v) is 5.98. The Kier molecular flexibility index (Phi) is 1.71. The highest BCUT2D eigenvalue weighted by molar-refractivity contribution is 6.03. The van der Waals surface area contributed by atoms with Crippen molar-refractivity contribution >= 4 is 28.2 Å². The molecule has 108 valence electrons. The number of nitrogen functional groups attached to an aromatic ring is 1. The average molecular weight is 292 g/mol. The number of carbonyl (C=O) groups is 2. The van der Waals surface area contributed by atoms with Crippen molar-refractivity contribution in [1.82, 2.24) is 9.55 Å². The second kappa shape index (κ2) is 4.80. The van der Waals surface area contributed by atoms with Crippen LogP contribution in [0.15, 0.2) is 22.9 Å². The summed E-state index contributed by atoms with van der Waals surface area (Å²) in [6.07, 6.45) is -6.18. The first-order chi connectivity index (χ1) is 12.9. The van der Waals surface area contributed by atoms with Crippen LogP contribution in [0, 0.1) is 6.90 Å². The highest BCUT2D eigenvalue weighted by Gasteiger charge is 2.30. The van der Waals surface area contributed by atoms with Crippen molar-refractivity contribution in [2.24, 2.45) is 0 Å². The smallest absolute Gasteiger partial charge is 0.264 e. The zero-order valence-corrected chi connectivity index (χ0v) is 10.8. The number of nitrogens with two attached hydrogens (primary N) is 1. The molecule has 1 aromatic carbocycles. The van der Waals surface area contributed by atoms with Crippen molar-refractivity contribution in [2.75, 3.05) is 5.73 Å². The number of ketones is 2. The number of nitrogens with zero attached hydrogens (tertiary/aromatic N) is 2. The molecule has 2 N–H and O–H groups in total. The summed E-state index contributed by atoms with van der Waals surface area (Å²) in [6.45, 7) is -0.718. The Morgan fingerprint density at radius 1 is 1.52 bits per heavy atom. The van der Waals surface area contributed by atoms with E-state index >= 15 is 0 Å². The van der Waals surface area contributed by atoms with E-state index in [4.69, 9.17) is 15.3 Å². The predicted molar refractivity (Wildman–Crippen MR) is 78.1 cm³/mol. The second-order valence-corrected chi connectivity index (χ2v) is 4.44. The number of hydrogen-bond acceptors (Lipinski definition) is 5. The molecule has 0 amide bonds. The fraction of sp³-hybridized carbons (Fsp3) is 0.333. The lowest BCUT2D eigenvalue weighted by atomic mass is 9.92. The highest BCUT2D eigenvalue weighted by atomic mass is 16.2. The molecule has 0 bridgehead atoms. The van der Waals surface area contributed by atoms with Crippen molar-refractivity contribution in [2.45, 2.75) is 32.1 Å². The highest BCUT2D eigenvalue weighted by Crippen LogP contribution is 2.24. The average Bonchev–Trinajstić information content (AvgIpc) is 2.62. The largest absolute Gasteiger partial charge is 0.398 e. The molecule has 6 nitrogen and oxygen atoms in total. The van der Waals surface area contributed by atoms with Crippen LogP contribution in [0.25, 0.3) is 10.9 Å². The Bertz CT molecular complexity index is 1100. The van der Waals surface area contributed by atoms with Crippen molar-refractivity contribution in [1.29, 1.82) is 0 Å². The maximum atomic E-state index is 13.2. The molecule has 3 rings (SSSR count). The zero-order valence-electron chi connectivity index (χ0n) is 17.8. The molecule has 6 heteroatoms. The summed E-state index contributed by atoms with van der Waals surface area (Å²) in [5.41, 5.74) is 4.04. The third kappa shape index (κ3) is 2.12. The summed E-state index contributed by atoms with van der Waals surface area (Å²) in [6, 6.07) is -2.49. The van der Waals surface area contributed by atoms with Crippen LogP contribution < -0.4 is 11.3 Å². The summed E-state index contributed by atoms with van der Waals surface area (Å²) in [7, 11) is 0. The van der Waals surface area contributed by atoms with E-state index in [9.17, 15) is 14.4 Å². The van der Waals surface area contributed by atoms with Crippen molar-refractivity contribution in [3.05, 3.63) is 34.3 Å². The van der Waals surface area contributed by atoms with Gasteiger partial charge in [0.05, 0.1) is 27.5 Å². The van der Waals surface area contributed by atoms with Crippen LogP contribution >= 0.6 is 0 Å². The summed E-state index contributed by atoms with van der Waals surface area (Å²) < 4.78 is 55.9. The fourth-order valence-corrected chi connectivity index (χ4v) is 2.12. The number of hydrogen-bond donors (Lipinski definition) is 1. The molecule has 2 unspecified atom stereocenters. The lowest BCUT2D eigenvalue weighted by molar-refractivity contribution is -0.132. The van der Waals surface area contributed by atoms with E-state index in [-0.39, 0.29) is 23.3 Å². The Morgan fingerprint density at radius 3 is 3.10 bits per heavy atom. The van der Waals surface area contributed by atoms with Gasteiger partial charge in [-0.05, 0) is 25.4 Å². The molecule has 1 aliphatic carbocycles. The van der Waals surface area contributed by atoms with Gasteiger partial charge >= 0.3 is 0 Å². The van der Waals surface area contributed by atoms with Gasteiger partial charge in [0.15, 0.2) is 5.78 Å². The summed E-state index contributed by atoms with van der Waals surface area (Å²) in [5.74, 6) is -2.80. The summed E-state index contributed by atoms with van der Waals surface area (Å²) >= 11 is 0. The van der Waals surface area contributed by atoms with Crippen LogP contribution in [0.1, 0.15) is 40.6 Å². The molecule has 1 saturated carbocycles. The molecule has 0 spiro atoms. The molecule has 0 radical (unpaired) electrons. The molecule has 0 saturated heterocycles. The zero-order chi connectivity index (χ0) is 21.2. The molecule has 1 aliphatic rings. The first kappa shape index (κ1) is 7.49. The Balaban J connectivity index is 2.48. The molecule has 2 atom stereocenters. The fourth-order valence-electron chi connectivity index (χ4n) is 2.12. The number of rotatable bonds is 1. The van der Waals surface area contributed by atoms with E-state index in [1.165, 1.54) is 0 Å². The lowest BCUT2D eigenvalue weighted by Crippen LogP contribution is -2.36. The normalized spacial score (nSPS) is 33.3. The van der Waals surface area contributed by atoms with E-state index in [0.29, 0.717) is 4.57 Å². The molecular weight excluding hydrogens is 270 g/mol. The maximum absolute atomic E-state index is 13.2. The molecule has 21 heavy (non-hydrogen) atoms. The van der Waals surface area contributed by atoms with E-state index < -0.39 is 60.4 Å². The van der Waals surface area contributed by atoms with Gasteiger partial charge in [-0.25, -0.2) is 4.98 Å². The van der Waals surface area contributed by atoms with E-state index in [1.54, 1.807) is 0 Å². The van der Waals surface area contributed by atoms with E-state index in [2.05, 4.69) is 4.98 Å². The van der Waals surface area contributed by atoms with Gasteiger partial charge in [0, 0.05) is 17.5 Å². The topological polar surface area (TPSA) is 95.0 Å². The minimum Gasteiger partial charge on any atom is -0.398 e. The number of aryl methyl sites for hydroxylation is 1. The van der Waals surface area contributed by atoms with Gasteiger partial charge in [-0.1, -0.05) is 6.07 Å². The SMILES string of the molecule is [2H]Cc1nc2c([2H])cc([2H])c(N)c2c(=O)n1C1([2H])C(=O)CC(=O)C([2H])([2H])C1[2H]. The van der Waals surface area contributed by atoms with E-state index in [0.717, 1.165) is 6.07 Å². The van der Waals surface area contributed by atoms with Gasteiger partial charge in [0.1, 0.15) is 11.6 Å². The van der Waals surface area contributed by atoms with Crippen LogP contribution in [-0.2, 0) is 9.59 Å².